The molecule has 8 rings (SSSR count). The number of nitrogens with zero attached hydrogens (tertiary/aromatic N) is 6. The lowest BCUT2D eigenvalue weighted by Gasteiger charge is -2.38. The first-order chi connectivity index (χ1) is 62.5. The SMILES string of the molecule is CCCC[C@@H](C(=O)N(C)[C@@H](CCCC)C(=O)N[C@@H](CC(C)C)C(=O)NCCCCC(=O)N[C@@H](Cc1ccc(OC)cc1)C(=O)N1CCCC[C@H]1C(=O)N[C@@H](CC(N)=O)C(=O)N1CCC[C@H]1C(=O)N[C@@H](CN)C(=O)N[C@@H](CCC(=O)O)C(=O)N1C[C@H](O)C[C@H]1C)N(C)C(=O)[C@H](Cc1cn(CC(=O)O)c2ccccc12)NC(=O)[C@H](CCN)NC(=O)[C@H](Cc1c[nH]c2ccccc12)NO. The van der Waals surface area contributed by atoms with Crippen molar-refractivity contribution in [3.8, 4) is 5.75 Å². The van der Waals surface area contributed by atoms with Crippen LogP contribution in [0.2, 0.25) is 0 Å². The minimum absolute atomic E-state index is 0.00129. The lowest BCUT2D eigenvalue weighted by Crippen LogP contribution is -2.61. The number of primary amides is 1. The van der Waals surface area contributed by atoms with E-state index in [0.717, 1.165) is 15.8 Å². The molecule has 3 aliphatic heterocycles. The number of likely N-dealkylation sites (N-methyl/N-ethyl adjacent to an activating group) is 2. The molecule has 14 amide bonds. The monoisotopic (exact) mass is 1830 g/mol. The second kappa shape index (κ2) is 50.9. The highest BCUT2D eigenvalue weighted by Crippen LogP contribution is 2.29. The third-order valence-electron chi connectivity index (χ3n) is 24.4. The number of benzene rings is 3. The minimum Gasteiger partial charge on any atom is -0.497 e. The maximum Gasteiger partial charge on any atom is 0.323 e. The van der Waals surface area contributed by atoms with Crippen LogP contribution in [-0.4, -0.2) is 294 Å². The summed E-state index contributed by atoms with van der Waals surface area (Å²) in [5.74, 6) is -12.5. The van der Waals surface area contributed by atoms with E-state index in [1.165, 1.54) is 45.4 Å². The number of fused-ring (bicyclic) bond motifs is 2. The molecule has 0 bridgehead atoms. The van der Waals surface area contributed by atoms with Gasteiger partial charge in [0, 0.05) is 119 Å². The number of unbranched alkanes of at least 4 members (excludes halogenated alkanes) is 3. The van der Waals surface area contributed by atoms with E-state index in [0.29, 0.717) is 71.9 Å². The summed E-state index contributed by atoms with van der Waals surface area (Å²) in [7, 11) is 4.34. The molecule has 0 aliphatic carbocycles. The van der Waals surface area contributed by atoms with Crippen LogP contribution in [0.5, 0.6) is 5.75 Å². The van der Waals surface area contributed by atoms with E-state index in [4.69, 9.17) is 21.9 Å². The third kappa shape index (κ3) is 29.4. The quantitative estimate of drug-likeness (QED) is 0.0189. The van der Waals surface area contributed by atoms with E-state index in [9.17, 15) is 82.9 Å². The molecule has 3 saturated heterocycles. The number of hydrogen-bond acceptors (Lipinski definition) is 22. The van der Waals surface area contributed by atoms with Crippen LogP contribution in [0.1, 0.15) is 180 Å². The first-order valence-corrected chi connectivity index (χ1v) is 45.3. The highest BCUT2D eigenvalue weighted by atomic mass is 16.5. The van der Waals surface area contributed by atoms with Gasteiger partial charge in [-0.3, -0.25) is 76.7 Å². The molecule has 3 aliphatic rings. The molecule has 14 atom stereocenters. The number of para-hydroxylation sites is 2. The van der Waals surface area contributed by atoms with Crippen molar-refractivity contribution in [3.05, 3.63) is 102 Å². The third-order valence-corrected chi connectivity index (χ3v) is 24.4. The number of carbonyl (C=O) groups is 16. The summed E-state index contributed by atoms with van der Waals surface area (Å²) >= 11 is 0. The van der Waals surface area contributed by atoms with Crippen LogP contribution in [0, 0.1) is 5.92 Å². The van der Waals surface area contributed by atoms with Crippen molar-refractivity contribution >= 4 is 116 Å². The Labute approximate surface area is 761 Å². The molecular weight excluding hydrogens is 1700 g/mol. The predicted octanol–water partition coefficient (Wildman–Crippen LogP) is 0.753. The van der Waals surface area contributed by atoms with Crippen molar-refractivity contribution in [2.24, 2.45) is 23.1 Å². The standard InChI is InChI=1S/C91H133N19O21/c1-9-11-25-72(105(6)91(129)75(26-12-10-2)106(7)87(125)68(46-57-50-107(52-79(116)117)71-27-16-14-23-61(57)71)101-81(119)63(37-38-92)98-82(120)66(104-130)45-56-49-96-62-24-15-13-22-60(56)62)84(122)100-65(42-53(3)4)80(118)95-39-19-17-30-77(113)97-67(44-55-31-33-59(131-8)34-32-55)89(127)108-40-20-18-28-73(108)85(123)102-69(47-76(94)112)90(128)109-41-21-29-74(109)86(124)103-70(48-93)83(121)99-64(35-36-78(114)115)88(126)110-51-58(111)43-54(110)5/h13-16,22-24,27,31-34,49-50,53-54,58,63-70,72-75,96,104,111,130H,9-12,17-21,25-26,28-30,35-48,51-52,92-93H2,1-8H3,(H2,94,112)(H,95,118)(H,97,113)(H,98,120)(H,99,121)(H,100,122)(H,101,119)(H,102,123)(H,103,124)(H,114,115)(H,116,117)/t54-,58-,63+,64+,65+,66+,67+,68+,69+,70+,72+,73+,74+,75+/m1/s1. The van der Waals surface area contributed by atoms with E-state index in [-0.39, 0.29) is 135 Å². The number of aliphatic carboxylic acids is 2. The van der Waals surface area contributed by atoms with Crippen LogP contribution in [0.4, 0.5) is 0 Å². The van der Waals surface area contributed by atoms with Gasteiger partial charge in [0.15, 0.2) is 0 Å². The van der Waals surface area contributed by atoms with Gasteiger partial charge in [0.1, 0.15) is 84.8 Å². The Balaban J connectivity index is 0.917. The number of methoxy groups -OCH3 is 1. The Morgan fingerprint density at radius 1 is 0.565 bits per heavy atom. The fourth-order valence-electron chi connectivity index (χ4n) is 17.3. The fourth-order valence-corrected chi connectivity index (χ4v) is 17.3. The van der Waals surface area contributed by atoms with Crippen molar-refractivity contribution in [2.45, 2.75) is 273 Å². The number of carboxylic acids is 2. The number of hydroxylamine groups is 1. The molecule has 3 aromatic carbocycles. The number of nitrogens with two attached hydrogens (primary N) is 3. The Kier molecular flexibility index (Phi) is 40.5. The van der Waals surface area contributed by atoms with Crippen LogP contribution >= 0.6 is 0 Å². The molecular formula is C91H133N19O21. The summed E-state index contributed by atoms with van der Waals surface area (Å²) in [4.78, 5) is 235. The van der Waals surface area contributed by atoms with Gasteiger partial charge >= 0.3 is 11.9 Å². The molecule has 131 heavy (non-hydrogen) atoms. The summed E-state index contributed by atoms with van der Waals surface area (Å²) in [5.41, 5.74) is 22.9. The van der Waals surface area contributed by atoms with Gasteiger partial charge in [-0.25, -0.2) is 0 Å². The van der Waals surface area contributed by atoms with Crippen molar-refractivity contribution in [1.29, 1.82) is 0 Å². The summed E-state index contributed by atoms with van der Waals surface area (Å²) in [6.07, 6.45) is 4.77. The molecule has 0 radical (unpaired) electrons. The van der Waals surface area contributed by atoms with Gasteiger partial charge in [-0.15, -0.1) is 0 Å². The molecule has 5 aromatic rings. The van der Waals surface area contributed by atoms with Crippen molar-refractivity contribution in [1.82, 2.24) is 82.1 Å². The molecule has 0 unspecified atom stereocenters. The zero-order chi connectivity index (χ0) is 95.9. The number of aromatic amines is 1. The number of likely N-dealkylation sites (tertiary alicyclic amines) is 3. The molecule has 3 fully saturated rings. The molecule has 20 N–H and O–H groups in total. The largest absolute Gasteiger partial charge is 0.497 e. The van der Waals surface area contributed by atoms with Crippen LogP contribution in [0.15, 0.2) is 85.2 Å². The molecule has 2 aromatic heterocycles. The summed E-state index contributed by atoms with van der Waals surface area (Å²) in [5, 5.41) is 63.2. The summed E-state index contributed by atoms with van der Waals surface area (Å²) in [6.45, 7) is 8.16. The van der Waals surface area contributed by atoms with Crippen molar-refractivity contribution < 1.29 is 102 Å². The smallest absolute Gasteiger partial charge is 0.323 e. The lowest BCUT2D eigenvalue weighted by atomic mass is 9.97. The zero-order valence-corrected chi connectivity index (χ0v) is 76.1. The topological polar surface area (TPSA) is 587 Å². The number of amides is 14. The van der Waals surface area contributed by atoms with Crippen molar-refractivity contribution in [2.75, 3.05) is 60.5 Å². The van der Waals surface area contributed by atoms with Gasteiger partial charge in [-0.05, 0) is 144 Å². The Hall–Kier alpha value is -12.1. The first-order valence-electron chi connectivity index (χ1n) is 45.3. The van der Waals surface area contributed by atoms with Gasteiger partial charge in [-0.1, -0.05) is 102 Å². The number of carboxylic acid groups (broad SMARTS) is 2. The van der Waals surface area contributed by atoms with Gasteiger partial charge in [0.05, 0.1) is 19.6 Å². The van der Waals surface area contributed by atoms with Gasteiger partial charge in [0.25, 0.3) is 0 Å². The fraction of sp³-hybridized carbons (Fsp3) is 0.582. The van der Waals surface area contributed by atoms with Gasteiger partial charge in [0.2, 0.25) is 82.7 Å². The molecule has 0 spiro atoms. The molecule has 718 valence electrons. The highest BCUT2D eigenvalue weighted by molar-refractivity contribution is 6.01. The lowest BCUT2D eigenvalue weighted by molar-refractivity contribution is -0.149. The average molecular weight is 1830 g/mol. The van der Waals surface area contributed by atoms with E-state index in [1.807, 2.05) is 52.0 Å². The summed E-state index contributed by atoms with van der Waals surface area (Å²) in [6, 6.07) is 4.68. The second-order valence-electron chi connectivity index (χ2n) is 34.7. The van der Waals surface area contributed by atoms with E-state index in [2.05, 4.69) is 53.0 Å². The molecule has 5 heterocycles. The Morgan fingerprint density at radius 3 is 1.76 bits per heavy atom. The normalized spacial score (nSPS) is 17.9. The summed E-state index contributed by atoms with van der Waals surface area (Å²) < 4.78 is 6.87. The van der Waals surface area contributed by atoms with Crippen LogP contribution in [0.25, 0.3) is 21.8 Å². The number of nitrogens with one attached hydrogen (secondary N) is 10. The number of ether oxygens (including phenoxy) is 1. The van der Waals surface area contributed by atoms with Crippen LogP contribution in [-0.2, 0) is 103 Å². The molecule has 0 saturated carbocycles. The zero-order valence-electron chi connectivity index (χ0n) is 76.1. The molecule has 40 heteroatoms. The first kappa shape index (κ1) is 104. The number of aliphatic hydroxyl groups is 1. The number of rotatable bonds is 52. The van der Waals surface area contributed by atoms with Crippen LogP contribution < -0.4 is 70.0 Å². The Morgan fingerprint density at radius 2 is 1.15 bits per heavy atom. The minimum atomic E-state index is -1.66. The average Bonchev–Trinajstić information content (AvgIpc) is 1.78. The number of aromatic nitrogens is 2. The second-order valence-corrected chi connectivity index (χ2v) is 34.7. The molecule has 40 nitrogen and oxygen atoms in total. The number of β-amino-alcohol motifs (C(OH)–C–C–N with tert-alkyl or cyclic N) is 1. The Bertz CT molecular complexity index is 4790. The van der Waals surface area contributed by atoms with E-state index >= 15 is 14.4 Å². The maximum atomic E-state index is 15.5. The number of piperidine rings is 1. The maximum absolute atomic E-state index is 15.5. The van der Waals surface area contributed by atoms with Crippen molar-refractivity contribution in [3.63, 3.8) is 0 Å². The van der Waals surface area contributed by atoms with Gasteiger partial charge in [-0.2, -0.15) is 5.48 Å². The van der Waals surface area contributed by atoms with Crippen LogP contribution in [0.3, 0.4) is 0 Å². The van der Waals surface area contributed by atoms with Gasteiger partial charge < -0.3 is 119 Å². The highest BCUT2D eigenvalue weighted by Gasteiger charge is 2.45. The predicted molar refractivity (Wildman–Crippen MR) is 482 cm³/mol. The number of H-pyrrole nitrogens is 1. The number of aliphatic hydroxyl groups excluding tert-OH is 1. The number of carbonyl (C=O) groups excluding carboxylic acids is 14. The van der Waals surface area contributed by atoms with E-state index < -0.39 is 205 Å². The van der Waals surface area contributed by atoms with E-state index in [1.54, 1.807) is 67.8 Å². The number of hydrogen-bond donors (Lipinski definition) is 17.